The fourth-order valence-corrected chi connectivity index (χ4v) is 2.07. The number of nitrogens with zero attached hydrogens (tertiary/aromatic N) is 2. The molecule has 0 aromatic carbocycles. The second kappa shape index (κ2) is 5.75. The molecule has 17 heavy (non-hydrogen) atoms. The van der Waals surface area contributed by atoms with E-state index in [1.807, 2.05) is 18.2 Å². The van der Waals surface area contributed by atoms with Crippen LogP contribution in [0.1, 0.15) is 13.8 Å². The highest BCUT2D eigenvalue weighted by molar-refractivity contribution is 5.84. The first-order valence-electron chi connectivity index (χ1n) is 6.36. The molecule has 94 valence electrons. The van der Waals surface area contributed by atoms with Crippen LogP contribution in [0.2, 0.25) is 0 Å². The maximum absolute atomic E-state index is 5.55. The highest BCUT2D eigenvalue weighted by Gasteiger charge is 2.19. The van der Waals surface area contributed by atoms with Crippen LogP contribution in [0, 0.1) is 0 Å². The zero-order valence-corrected chi connectivity index (χ0v) is 10.7. The first kappa shape index (κ1) is 12.0. The average Bonchev–Trinajstić information content (AvgIpc) is 2.97. The molecule has 0 saturated carbocycles. The highest BCUT2D eigenvalue weighted by Crippen LogP contribution is 2.12. The summed E-state index contributed by atoms with van der Waals surface area (Å²) in [6.45, 7) is 9.83. The maximum Gasteiger partial charge on any atom is 0.362 e. The Morgan fingerprint density at radius 3 is 2.94 bits per heavy atom. The van der Waals surface area contributed by atoms with Gasteiger partial charge >= 0.3 is 5.90 Å². The Hall–Kier alpha value is -1.45. The first-order valence-corrected chi connectivity index (χ1v) is 6.36. The van der Waals surface area contributed by atoms with Gasteiger partial charge in [0.25, 0.3) is 0 Å². The van der Waals surface area contributed by atoms with E-state index in [4.69, 9.17) is 9.47 Å². The second-order valence-electron chi connectivity index (χ2n) is 4.06. The predicted molar refractivity (Wildman–Crippen MR) is 67.0 cm³/mol. The molecule has 0 atom stereocenters. The van der Waals surface area contributed by atoms with E-state index in [1.54, 1.807) is 0 Å². The third-order valence-corrected chi connectivity index (χ3v) is 3.09. The Balaban J connectivity index is 1.99. The maximum atomic E-state index is 5.55. The van der Waals surface area contributed by atoms with Crippen LogP contribution in [0.15, 0.2) is 24.1 Å². The Morgan fingerprint density at radius 1 is 1.29 bits per heavy atom. The fourth-order valence-electron chi connectivity index (χ4n) is 2.07. The average molecular weight is 237 g/mol. The van der Waals surface area contributed by atoms with Crippen molar-refractivity contribution < 1.29 is 14.0 Å². The van der Waals surface area contributed by atoms with E-state index in [1.165, 1.54) is 0 Å². The molecule has 0 amide bonds. The van der Waals surface area contributed by atoms with Gasteiger partial charge in [0.05, 0.1) is 12.6 Å². The van der Waals surface area contributed by atoms with E-state index in [2.05, 4.69) is 23.3 Å². The van der Waals surface area contributed by atoms with Crippen LogP contribution in [0.4, 0.5) is 0 Å². The van der Waals surface area contributed by atoms with Gasteiger partial charge in [-0.25, -0.2) is 0 Å². The number of likely N-dealkylation sites (N-methyl/N-ethyl adjacent to an activating group) is 2. The van der Waals surface area contributed by atoms with Crippen molar-refractivity contribution in [2.45, 2.75) is 13.8 Å². The van der Waals surface area contributed by atoms with E-state index in [0.717, 1.165) is 51.2 Å². The zero-order valence-electron chi connectivity index (χ0n) is 10.7. The normalized spacial score (nSPS) is 22.7. The van der Waals surface area contributed by atoms with Crippen molar-refractivity contribution >= 4 is 5.90 Å². The lowest BCUT2D eigenvalue weighted by Gasteiger charge is -2.12. The standard InChI is InChI=1S/C13H21N2O2/c1-3-14-8-10-16-12(14)6-5-7-13-15(4-2)9-11-17-13/h5-7H,3-4,8-11H2,1-2H3/q+1. The van der Waals surface area contributed by atoms with Crippen LogP contribution in [0.25, 0.3) is 0 Å². The van der Waals surface area contributed by atoms with E-state index in [9.17, 15) is 0 Å². The molecular formula is C13H21N2O2+. The van der Waals surface area contributed by atoms with Crippen molar-refractivity contribution in [2.24, 2.45) is 0 Å². The summed E-state index contributed by atoms with van der Waals surface area (Å²) in [6.07, 6.45) is 6.03. The number of hydrogen-bond donors (Lipinski definition) is 0. The van der Waals surface area contributed by atoms with Gasteiger partial charge in [0.2, 0.25) is 0 Å². The van der Waals surface area contributed by atoms with Gasteiger partial charge in [0, 0.05) is 6.54 Å². The second-order valence-corrected chi connectivity index (χ2v) is 4.06. The number of allylic oxidation sites excluding steroid dienone is 2. The van der Waals surface area contributed by atoms with Crippen LogP contribution < -0.4 is 0 Å². The first-order chi connectivity index (χ1) is 8.35. The lowest BCUT2D eigenvalue weighted by Crippen LogP contribution is -2.17. The van der Waals surface area contributed by atoms with E-state index >= 15 is 0 Å². The molecule has 0 unspecified atom stereocenters. The minimum Gasteiger partial charge on any atom is -0.477 e. The SMILES string of the molecule is CCN1CCOC1=CC=CC1=[N+](CC)CCO1. The Morgan fingerprint density at radius 2 is 2.18 bits per heavy atom. The lowest BCUT2D eigenvalue weighted by molar-refractivity contribution is -0.513. The van der Waals surface area contributed by atoms with Crippen molar-refractivity contribution in [3.05, 3.63) is 24.1 Å². The molecule has 0 bridgehead atoms. The molecule has 1 saturated heterocycles. The van der Waals surface area contributed by atoms with Gasteiger partial charge in [-0.1, -0.05) is 0 Å². The molecule has 2 aliphatic rings. The highest BCUT2D eigenvalue weighted by atomic mass is 16.5. The van der Waals surface area contributed by atoms with Crippen LogP contribution in [-0.4, -0.2) is 54.8 Å². The summed E-state index contributed by atoms with van der Waals surface area (Å²) in [7, 11) is 0. The molecule has 4 nitrogen and oxygen atoms in total. The smallest absolute Gasteiger partial charge is 0.362 e. The van der Waals surface area contributed by atoms with Crippen LogP contribution in [0.5, 0.6) is 0 Å². The monoisotopic (exact) mass is 237 g/mol. The van der Waals surface area contributed by atoms with Gasteiger partial charge in [0.15, 0.2) is 19.0 Å². The van der Waals surface area contributed by atoms with Crippen molar-refractivity contribution in [2.75, 3.05) is 39.4 Å². The summed E-state index contributed by atoms with van der Waals surface area (Å²) in [5.41, 5.74) is 0. The van der Waals surface area contributed by atoms with E-state index in [-0.39, 0.29) is 0 Å². The zero-order chi connectivity index (χ0) is 12.1. The Bertz CT molecular complexity index is 358. The van der Waals surface area contributed by atoms with Gasteiger partial charge in [-0.2, -0.15) is 4.58 Å². The van der Waals surface area contributed by atoms with Gasteiger partial charge < -0.3 is 14.4 Å². The summed E-state index contributed by atoms with van der Waals surface area (Å²) in [6, 6.07) is 0. The van der Waals surface area contributed by atoms with Crippen molar-refractivity contribution in [1.82, 2.24) is 4.90 Å². The summed E-state index contributed by atoms with van der Waals surface area (Å²) in [5.74, 6) is 1.93. The van der Waals surface area contributed by atoms with Crippen LogP contribution in [0.3, 0.4) is 0 Å². The molecule has 0 spiro atoms. The molecule has 0 N–H and O–H groups in total. The third-order valence-electron chi connectivity index (χ3n) is 3.09. The van der Waals surface area contributed by atoms with E-state index < -0.39 is 0 Å². The molecule has 0 radical (unpaired) electrons. The Labute approximate surface area is 103 Å². The van der Waals surface area contributed by atoms with Crippen molar-refractivity contribution in [1.29, 1.82) is 0 Å². The van der Waals surface area contributed by atoms with E-state index in [0.29, 0.717) is 0 Å². The third kappa shape index (κ3) is 2.81. The number of rotatable bonds is 4. The summed E-state index contributed by atoms with van der Waals surface area (Å²) in [5, 5.41) is 0. The fraction of sp³-hybridized carbons (Fsp3) is 0.615. The molecule has 2 aliphatic heterocycles. The molecule has 2 heterocycles. The number of ether oxygens (including phenoxy) is 2. The minimum absolute atomic E-state index is 0.793. The summed E-state index contributed by atoms with van der Waals surface area (Å²) < 4.78 is 13.3. The molecule has 4 heteroatoms. The molecule has 0 aromatic rings. The lowest BCUT2D eigenvalue weighted by atomic mass is 10.4. The molecule has 0 aromatic heterocycles. The molecule has 2 rings (SSSR count). The van der Waals surface area contributed by atoms with Gasteiger partial charge in [0.1, 0.15) is 13.2 Å². The quantitative estimate of drug-likeness (QED) is 0.687. The van der Waals surface area contributed by atoms with Crippen LogP contribution >= 0.6 is 0 Å². The van der Waals surface area contributed by atoms with Gasteiger partial charge in [-0.3, -0.25) is 0 Å². The van der Waals surface area contributed by atoms with Gasteiger partial charge in [-0.15, -0.1) is 0 Å². The summed E-state index contributed by atoms with van der Waals surface area (Å²) >= 11 is 0. The predicted octanol–water partition coefficient (Wildman–Crippen LogP) is 1.20. The van der Waals surface area contributed by atoms with Gasteiger partial charge in [-0.05, 0) is 26.0 Å². The van der Waals surface area contributed by atoms with Crippen LogP contribution in [-0.2, 0) is 9.47 Å². The molecular weight excluding hydrogens is 216 g/mol. The van der Waals surface area contributed by atoms with Crippen molar-refractivity contribution in [3.63, 3.8) is 0 Å². The molecule has 1 fully saturated rings. The minimum atomic E-state index is 0.793. The number of hydrogen-bond acceptors (Lipinski definition) is 3. The molecule has 0 aliphatic carbocycles. The van der Waals surface area contributed by atoms with Crippen molar-refractivity contribution in [3.8, 4) is 0 Å². The Kier molecular flexibility index (Phi) is 4.07. The summed E-state index contributed by atoms with van der Waals surface area (Å²) in [4.78, 5) is 2.22. The largest absolute Gasteiger partial charge is 0.477 e. The topological polar surface area (TPSA) is 24.7 Å².